The molecule has 2 rings (SSSR count). The molecule has 1 saturated carbocycles. The average Bonchev–Trinajstić information content (AvgIpc) is 2.65. The van der Waals surface area contributed by atoms with E-state index in [0.717, 1.165) is 12.8 Å². The second-order valence-corrected chi connectivity index (χ2v) is 5.40. The third kappa shape index (κ3) is 2.48. The molecule has 0 radical (unpaired) electrons. The highest BCUT2D eigenvalue weighted by Gasteiger charge is 2.29. The molecule has 1 aliphatic carbocycles. The van der Waals surface area contributed by atoms with Gasteiger partial charge in [0.05, 0.1) is 11.8 Å². The van der Waals surface area contributed by atoms with Crippen LogP contribution in [0.1, 0.15) is 49.4 Å². The van der Waals surface area contributed by atoms with Gasteiger partial charge in [-0.3, -0.25) is 4.79 Å². The van der Waals surface area contributed by atoms with Crippen LogP contribution >= 0.6 is 15.9 Å². The molecule has 4 heteroatoms. The maximum atomic E-state index is 12.0. The maximum Gasteiger partial charge on any atom is 0.256 e. The molecule has 1 fully saturated rings. The van der Waals surface area contributed by atoms with Crippen molar-refractivity contribution in [3.8, 4) is 0 Å². The molecule has 1 heterocycles. The Kier molecular flexibility index (Phi) is 3.38. The van der Waals surface area contributed by atoms with Crippen LogP contribution in [0.4, 0.5) is 0 Å². The number of carbonyl (C=O) groups is 1. The Labute approximate surface area is 104 Å². The summed E-state index contributed by atoms with van der Waals surface area (Å²) in [5, 5.41) is 3.11. The summed E-state index contributed by atoms with van der Waals surface area (Å²) in [7, 11) is 0. The second-order valence-electron chi connectivity index (χ2n) is 4.68. The lowest BCUT2D eigenvalue weighted by Crippen LogP contribution is -2.47. The zero-order chi connectivity index (χ0) is 11.6. The fourth-order valence-electron chi connectivity index (χ4n) is 2.25. The molecule has 1 aliphatic rings. The third-order valence-electron chi connectivity index (χ3n) is 3.24. The molecule has 3 nitrogen and oxygen atoms in total. The van der Waals surface area contributed by atoms with E-state index >= 15 is 0 Å². The van der Waals surface area contributed by atoms with E-state index in [1.54, 1.807) is 6.07 Å². The van der Waals surface area contributed by atoms with Crippen molar-refractivity contribution < 1.29 is 9.21 Å². The number of hydrogen-bond donors (Lipinski definition) is 1. The predicted molar refractivity (Wildman–Crippen MR) is 65.4 cm³/mol. The fourth-order valence-corrected chi connectivity index (χ4v) is 2.67. The Bertz CT molecular complexity index is 380. The zero-order valence-corrected chi connectivity index (χ0v) is 11.0. The lowest BCUT2D eigenvalue weighted by molar-refractivity contribution is 0.0881. The van der Waals surface area contributed by atoms with E-state index < -0.39 is 0 Å². The summed E-state index contributed by atoms with van der Waals surface area (Å²) in [6.07, 6.45) is 7.32. The van der Waals surface area contributed by atoms with Crippen molar-refractivity contribution in [1.82, 2.24) is 5.32 Å². The van der Waals surface area contributed by atoms with Crippen molar-refractivity contribution in [3.05, 3.63) is 22.6 Å². The third-order valence-corrected chi connectivity index (χ3v) is 3.85. The molecule has 1 N–H and O–H groups in total. The molecule has 0 unspecified atom stereocenters. The molecule has 0 aliphatic heterocycles. The Balaban J connectivity index is 2.04. The monoisotopic (exact) mass is 285 g/mol. The Morgan fingerprint density at radius 2 is 2.12 bits per heavy atom. The molecule has 0 aromatic carbocycles. The first-order valence-corrected chi connectivity index (χ1v) is 6.46. The van der Waals surface area contributed by atoms with Gasteiger partial charge < -0.3 is 9.73 Å². The van der Waals surface area contributed by atoms with Crippen molar-refractivity contribution in [2.75, 3.05) is 0 Å². The highest BCUT2D eigenvalue weighted by Crippen LogP contribution is 2.28. The molecular weight excluding hydrogens is 270 g/mol. The summed E-state index contributed by atoms with van der Waals surface area (Å²) in [6, 6.07) is 1.69. The van der Waals surface area contributed by atoms with Gasteiger partial charge in [-0.15, -0.1) is 0 Å². The molecule has 0 atom stereocenters. The lowest BCUT2D eigenvalue weighted by Gasteiger charge is -2.34. The van der Waals surface area contributed by atoms with Gasteiger partial charge in [0, 0.05) is 5.54 Å². The van der Waals surface area contributed by atoms with E-state index in [9.17, 15) is 4.79 Å². The molecule has 16 heavy (non-hydrogen) atoms. The number of rotatable bonds is 2. The van der Waals surface area contributed by atoms with Gasteiger partial charge in [-0.1, -0.05) is 19.3 Å². The lowest BCUT2D eigenvalue weighted by atomic mass is 9.83. The first kappa shape index (κ1) is 11.7. The van der Waals surface area contributed by atoms with Crippen molar-refractivity contribution in [1.29, 1.82) is 0 Å². The van der Waals surface area contributed by atoms with Crippen LogP contribution in [0.15, 0.2) is 21.4 Å². The minimum atomic E-state index is -0.0509. The standard InChI is InChI=1S/C12H16BrNO2/c1-12(6-3-2-4-7-12)14-11(15)9-5-8-16-10(9)13/h5,8H,2-4,6-7H2,1H3,(H,14,15). The number of nitrogens with one attached hydrogen (secondary N) is 1. The number of halogens is 1. The summed E-state index contributed by atoms with van der Waals surface area (Å²) in [5.41, 5.74) is 0.526. The van der Waals surface area contributed by atoms with E-state index in [-0.39, 0.29) is 11.4 Å². The smallest absolute Gasteiger partial charge is 0.256 e. The summed E-state index contributed by atoms with van der Waals surface area (Å²) in [6.45, 7) is 2.12. The summed E-state index contributed by atoms with van der Waals surface area (Å²) in [5.74, 6) is -0.0509. The quantitative estimate of drug-likeness (QED) is 0.904. The van der Waals surface area contributed by atoms with E-state index in [1.165, 1.54) is 25.5 Å². The molecular formula is C12H16BrNO2. The summed E-state index contributed by atoms with van der Waals surface area (Å²) >= 11 is 3.22. The SMILES string of the molecule is CC1(NC(=O)c2ccoc2Br)CCCCC1. The maximum absolute atomic E-state index is 12.0. The minimum absolute atomic E-state index is 0.0496. The van der Waals surface area contributed by atoms with Crippen molar-refractivity contribution >= 4 is 21.8 Å². The van der Waals surface area contributed by atoms with E-state index in [4.69, 9.17) is 4.42 Å². The Morgan fingerprint density at radius 3 is 2.69 bits per heavy atom. The van der Waals surface area contributed by atoms with Gasteiger partial charge in [0.2, 0.25) is 0 Å². The number of amides is 1. The molecule has 88 valence electrons. The van der Waals surface area contributed by atoms with Crippen LogP contribution in [-0.2, 0) is 0 Å². The number of furan rings is 1. The molecule has 1 aromatic rings. The van der Waals surface area contributed by atoms with Crippen LogP contribution in [0.25, 0.3) is 0 Å². The van der Waals surface area contributed by atoms with Crippen molar-refractivity contribution in [2.24, 2.45) is 0 Å². The zero-order valence-electron chi connectivity index (χ0n) is 9.38. The van der Waals surface area contributed by atoms with Gasteiger partial charge in [-0.05, 0) is 41.8 Å². The molecule has 0 bridgehead atoms. The van der Waals surface area contributed by atoms with Gasteiger partial charge in [0.25, 0.3) is 5.91 Å². The van der Waals surface area contributed by atoms with E-state index in [0.29, 0.717) is 10.2 Å². The number of hydrogen-bond acceptors (Lipinski definition) is 2. The van der Waals surface area contributed by atoms with Crippen LogP contribution in [0.2, 0.25) is 0 Å². The van der Waals surface area contributed by atoms with Gasteiger partial charge in [0.15, 0.2) is 4.67 Å². The molecule has 0 saturated heterocycles. The minimum Gasteiger partial charge on any atom is -0.457 e. The van der Waals surface area contributed by atoms with Crippen LogP contribution in [-0.4, -0.2) is 11.4 Å². The van der Waals surface area contributed by atoms with Crippen LogP contribution < -0.4 is 5.32 Å². The van der Waals surface area contributed by atoms with Crippen LogP contribution in [0.5, 0.6) is 0 Å². The van der Waals surface area contributed by atoms with Gasteiger partial charge in [-0.2, -0.15) is 0 Å². The average molecular weight is 286 g/mol. The van der Waals surface area contributed by atoms with Gasteiger partial charge in [-0.25, -0.2) is 0 Å². The van der Waals surface area contributed by atoms with Crippen LogP contribution in [0.3, 0.4) is 0 Å². The summed E-state index contributed by atoms with van der Waals surface area (Å²) in [4.78, 5) is 12.0. The highest BCUT2D eigenvalue weighted by atomic mass is 79.9. The highest BCUT2D eigenvalue weighted by molar-refractivity contribution is 9.10. The first-order chi connectivity index (χ1) is 7.61. The van der Waals surface area contributed by atoms with E-state index in [1.807, 2.05) is 0 Å². The molecule has 0 spiro atoms. The Morgan fingerprint density at radius 1 is 1.44 bits per heavy atom. The number of carbonyl (C=O) groups excluding carboxylic acids is 1. The fraction of sp³-hybridized carbons (Fsp3) is 0.583. The normalized spacial score (nSPS) is 19.4. The first-order valence-electron chi connectivity index (χ1n) is 5.66. The van der Waals surface area contributed by atoms with Crippen LogP contribution in [0, 0.1) is 0 Å². The molecule has 1 amide bonds. The largest absolute Gasteiger partial charge is 0.457 e. The van der Waals surface area contributed by atoms with Gasteiger partial charge >= 0.3 is 0 Å². The predicted octanol–water partition coefficient (Wildman–Crippen LogP) is 3.49. The van der Waals surface area contributed by atoms with Crippen molar-refractivity contribution in [3.63, 3.8) is 0 Å². The summed E-state index contributed by atoms with van der Waals surface area (Å²) < 4.78 is 5.57. The van der Waals surface area contributed by atoms with E-state index in [2.05, 4.69) is 28.2 Å². The topological polar surface area (TPSA) is 42.2 Å². The van der Waals surface area contributed by atoms with Gasteiger partial charge in [0.1, 0.15) is 0 Å². The van der Waals surface area contributed by atoms with Crippen molar-refractivity contribution in [2.45, 2.75) is 44.6 Å². The second kappa shape index (κ2) is 4.62. The Hall–Kier alpha value is -0.770. The molecule has 1 aromatic heterocycles.